The molecule has 11 heteroatoms. The maximum Gasteiger partial charge on any atom is 0.352 e. The zero-order chi connectivity index (χ0) is 25.6. The van der Waals surface area contributed by atoms with Gasteiger partial charge in [-0.2, -0.15) is 0 Å². The normalized spacial score (nSPS) is 15.4. The fraction of sp³-hybridized carbons (Fsp3) is 0.250. The zero-order valence-electron chi connectivity index (χ0n) is 19.2. The topological polar surface area (TPSA) is 116 Å². The molecule has 0 aliphatic carbocycles. The van der Waals surface area contributed by atoms with E-state index < -0.39 is 28.5 Å². The van der Waals surface area contributed by atoms with E-state index in [0.717, 1.165) is 4.90 Å². The van der Waals surface area contributed by atoms with Gasteiger partial charge < -0.3 is 4.74 Å². The average molecular weight is 499 g/mol. The van der Waals surface area contributed by atoms with E-state index in [1.165, 1.54) is 31.4 Å². The number of benzene rings is 1. The number of ether oxygens (including phenoxy) is 1. The number of rotatable bonds is 5. The summed E-state index contributed by atoms with van der Waals surface area (Å²) in [6.07, 6.45) is 1.56. The van der Waals surface area contributed by atoms with Crippen molar-refractivity contribution in [1.29, 1.82) is 0 Å². The predicted molar refractivity (Wildman–Crippen MR) is 127 cm³/mol. The Morgan fingerprint density at radius 3 is 2.60 bits per heavy atom. The number of nitrogens with zero attached hydrogens (tertiary/aromatic N) is 4. The molecule has 0 saturated heterocycles. The minimum atomic E-state index is -2.19. The summed E-state index contributed by atoms with van der Waals surface area (Å²) in [6.45, 7) is 5.41. The van der Waals surface area contributed by atoms with Gasteiger partial charge in [-0.25, -0.2) is 9.37 Å². The molecular formula is C24H20ClFN4O5. The Morgan fingerprint density at radius 1 is 1.26 bits per heavy atom. The maximum absolute atomic E-state index is 14.9. The molecule has 0 fully saturated rings. The fourth-order valence-electron chi connectivity index (χ4n) is 4.08. The van der Waals surface area contributed by atoms with Crippen LogP contribution in [0.4, 0.5) is 15.9 Å². The Labute approximate surface area is 204 Å². The Bertz CT molecular complexity index is 1390. The number of aryl methyl sites for hydroxylation is 1. The van der Waals surface area contributed by atoms with Crippen LogP contribution in [-0.2, 0) is 4.79 Å². The standard InChI is InChI=1S/C24H20ClFN4O5/c1-11(2)18-20(12(3)8-9-27-18)29-23-13(22(31)21(24(29)32)30(33)34)10-14(25)19(28-23)17-15(26)6-5-7-16(17)35-4/h5-11,21H,1-4H3. The first kappa shape index (κ1) is 24.2. The molecule has 0 N–H and O–H groups in total. The minimum Gasteiger partial charge on any atom is -0.496 e. The SMILES string of the molecule is COc1cccc(F)c1-c1nc2c(cc1Cl)C(=O)C([N+](=O)[O-])C(=O)N2c1c(C)ccnc1C(C)C. The van der Waals surface area contributed by atoms with Gasteiger partial charge in [0.05, 0.1) is 40.3 Å². The van der Waals surface area contributed by atoms with Crippen LogP contribution in [0.3, 0.4) is 0 Å². The lowest BCUT2D eigenvalue weighted by Gasteiger charge is -2.32. The first-order valence-corrected chi connectivity index (χ1v) is 11.0. The van der Waals surface area contributed by atoms with Crippen molar-refractivity contribution in [2.75, 3.05) is 12.0 Å². The van der Waals surface area contributed by atoms with E-state index in [1.54, 1.807) is 19.2 Å². The smallest absolute Gasteiger partial charge is 0.352 e. The number of halogens is 2. The number of fused-ring (bicyclic) bond motifs is 1. The Hall–Kier alpha value is -3.92. The molecular weight excluding hydrogens is 479 g/mol. The molecule has 1 aliphatic rings. The van der Waals surface area contributed by atoms with Crippen LogP contribution >= 0.6 is 11.6 Å². The number of carbonyl (C=O) groups excluding carboxylic acids is 2. The monoisotopic (exact) mass is 498 g/mol. The molecule has 3 aromatic rings. The number of amides is 1. The number of anilines is 2. The van der Waals surface area contributed by atoms with Crippen LogP contribution in [0, 0.1) is 22.9 Å². The van der Waals surface area contributed by atoms with Crippen LogP contribution < -0.4 is 9.64 Å². The highest BCUT2D eigenvalue weighted by molar-refractivity contribution is 6.34. The van der Waals surface area contributed by atoms with E-state index in [0.29, 0.717) is 11.3 Å². The van der Waals surface area contributed by atoms with E-state index in [9.17, 15) is 24.1 Å². The highest BCUT2D eigenvalue weighted by Crippen LogP contribution is 2.43. The van der Waals surface area contributed by atoms with Gasteiger partial charge in [-0.05, 0) is 42.7 Å². The minimum absolute atomic E-state index is 0.0777. The second kappa shape index (κ2) is 9.03. The van der Waals surface area contributed by atoms with E-state index in [1.807, 2.05) is 13.8 Å². The van der Waals surface area contributed by atoms with Crippen molar-refractivity contribution in [2.45, 2.75) is 32.7 Å². The number of hydrogen-bond donors (Lipinski definition) is 0. The summed E-state index contributed by atoms with van der Waals surface area (Å²) in [5.41, 5.74) is 0.940. The van der Waals surface area contributed by atoms with Gasteiger partial charge >= 0.3 is 11.9 Å². The van der Waals surface area contributed by atoms with Crippen LogP contribution in [0.15, 0.2) is 36.5 Å². The van der Waals surface area contributed by atoms with E-state index in [4.69, 9.17) is 16.3 Å². The van der Waals surface area contributed by atoms with Crippen LogP contribution in [-0.4, -0.2) is 39.7 Å². The number of hydrogen-bond acceptors (Lipinski definition) is 7. The lowest BCUT2D eigenvalue weighted by Crippen LogP contribution is -2.50. The predicted octanol–water partition coefficient (Wildman–Crippen LogP) is 4.88. The van der Waals surface area contributed by atoms with Gasteiger partial charge in [-0.3, -0.25) is 29.6 Å². The van der Waals surface area contributed by atoms with Crippen molar-refractivity contribution < 1.29 is 23.6 Å². The number of pyridine rings is 2. The van der Waals surface area contributed by atoms with Gasteiger partial charge in [-0.1, -0.05) is 31.5 Å². The maximum atomic E-state index is 14.9. The summed E-state index contributed by atoms with van der Waals surface area (Å²) in [7, 11) is 1.35. The molecule has 1 amide bonds. The number of aromatic nitrogens is 2. The summed E-state index contributed by atoms with van der Waals surface area (Å²) in [6, 6.07) is 4.77. The highest BCUT2D eigenvalue weighted by atomic mass is 35.5. The first-order chi connectivity index (χ1) is 16.6. The van der Waals surface area contributed by atoms with Gasteiger partial charge in [0, 0.05) is 11.1 Å². The highest BCUT2D eigenvalue weighted by Gasteiger charge is 2.50. The molecule has 1 aliphatic heterocycles. The molecule has 35 heavy (non-hydrogen) atoms. The molecule has 0 saturated carbocycles. The van der Waals surface area contributed by atoms with Gasteiger partial charge in [0.15, 0.2) is 5.82 Å². The number of ketones is 1. The van der Waals surface area contributed by atoms with Crippen molar-refractivity contribution in [3.63, 3.8) is 0 Å². The molecule has 0 radical (unpaired) electrons. The largest absolute Gasteiger partial charge is 0.496 e. The van der Waals surface area contributed by atoms with E-state index >= 15 is 0 Å². The lowest BCUT2D eigenvalue weighted by atomic mass is 9.95. The third kappa shape index (κ3) is 3.89. The Balaban J connectivity index is 2.10. The number of methoxy groups -OCH3 is 1. The molecule has 0 spiro atoms. The Kier molecular flexibility index (Phi) is 6.25. The third-order valence-corrected chi connectivity index (χ3v) is 5.99. The number of nitro groups is 1. The summed E-state index contributed by atoms with van der Waals surface area (Å²) >= 11 is 6.41. The molecule has 180 valence electrons. The fourth-order valence-corrected chi connectivity index (χ4v) is 4.33. The molecule has 1 unspecified atom stereocenters. The molecule has 2 aromatic heterocycles. The molecule has 3 heterocycles. The Morgan fingerprint density at radius 2 is 1.97 bits per heavy atom. The van der Waals surface area contributed by atoms with Crippen molar-refractivity contribution in [3.8, 4) is 17.0 Å². The lowest BCUT2D eigenvalue weighted by molar-refractivity contribution is -0.491. The molecule has 4 rings (SSSR count). The molecule has 1 atom stereocenters. The van der Waals surface area contributed by atoms with Gasteiger partial charge in [0.2, 0.25) is 5.78 Å². The van der Waals surface area contributed by atoms with Crippen LogP contribution in [0.5, 0.6) is 5.75 Å². The van der Waals surface area contributed by atoms with Gasteiger partial charge in [0.25, 0.3) is 0 Å². The van der Waals surface area contributed by atoms with Crippen molar-refractivity contribution >= 4 is 34.8 Å². The van der Waals surface area contributed by atoms with Gasteiger partial charge in [-0.15, -0.1) is 0 Å². The molecule has 9 nitrogen and oxygen atoms in total. The molecule has 0 bridgehead atoms. The summed E-state index contributed by atoms with van der Waals surface area (Å²) in [4.78, 5) is 47.1. The van der Waals surface area contributed by atoms with Gasteiger partial charge in [0.1, 0.15) is 11.6 Å². The van der Waals surface area contributed by atoms with Crippen LogP contribution in [0.2, 0.25) is 5.02 Å². The average Bonchev–Trinajstić information content (AvgIpc) is 2.79. The summed E-state index contributed by atoms with van der Waals surface area (Å²) < 4.78 is 20.2. The second-order valence-electron chi connectivity index (χ2n) is 8.25. The number of carbonyl (C=O) groups is 2. The zero-order valence-corrected chi connectivity index (χ0v) is 20.0. The van der Waals surface area contributed by atoms with Crippen molar-refractivity contribution in [1.82, 2.24) is 9.97 Å². The van der Waals surface area contributed by atoms with Crippen molar-refractivity contribution in [2.24, 2.45) is 0 Å². The third-order valence-electron chi connectivity index (χ3n) is 5.70. The summed E-state index contributed by atoms with van der Waals surface area (Å²) in [5, 5.41) is 11.6. The van der Waals surface area contributed by atoms with E-state index in [-0.39, 0.29) is 45.0 Å². The second-order valence-corrected chi connectivity index (χ2v) is 8.66. The van der Waals surface area contributed by atoms with Crippen LogP contribution in [0.1, 0.15) is 41.4 Å². The van der Waals surface area contributed by atoms with E-state index in [2.05, 4.69) is 9.97 Å². The quantitative estimate of drug-likeness (QED) is 0.279. The molecule has 1 aromatic carbocycles. The van der Waals surface area contributed by atoms with Crippen molar-refractivity contribution in [3.05, 3.63) is 74.3 Å². The summed E-state index contributed by atoms with van der Waals surface area (Å²) in [5.74, 6) is -3.08. The van der Waals surface area contributed by atoms with Crippen LogP contribution in [0.25, 0.3) is 11.3 Å². The first-order valence-electron chi connectivity index (χ1n) is 10.6. The number of Topliss-reactive ketones (excluding diaryl/α,β-unsaturated/α-hetero) is 1.